The molecular formula is C31H35FN2O2S. The van der Waals surface area contributed by atoms with Gasteiger partial charge in [0.25, 0.3) is 0 Å². The highest BCUT2D eigenvalue weighted by Gasteiger charge is 2.32. The predicted octanol–water partition coefficient (Wildman–Crippen LogP) is 6.07. The van der Waals surface area contributed by atoms with Crippen molar-refractivity contribution in [2.45, 2.75) is 63.4 Å². The maximum absolute atomic E-state index is 13.7. The SMILES string of the molecule is Cc1ccc(CSCC(=O)N(Cc2ccc(F)cc2)[C@H](Cc2ccccc2)C(=O)NC2CCCC2)cc1. The number of rotatable bonds is 11. The zero-order valence-corrected chi connectivity index (χ0v) is 22.2. The molecule has 4 rings (SSSR count). The molecule has 1 aliphatic carbocycles. The Labute approximate surface area is 223 Å². The number of thioether (sulfide) groups is 1. The first-order valence-electron chi connectivity index (χ1n) is 13.0. The molecule has 1 atom stereocenters. The van der Waals surface area contributed by atoms with Gasteiger partial charge in [0.15, 0.2) is 0 Å². The fraction of sp³-hybridized carbons (Fsp3) is 0.355. The number of amides is 2. The van der Waals surface area contributed by atoms with Gasteiger partial charge in [0.2, 0.25) is 11.8 Å². The number of hydrogen-bond donors (Lipinski definition) is 1. The summed E-state index contributed by atoms with van der Waals surface area (Å²) in [6, 6.07) is 23.8. The third kappa shape index (κ3) is 8.19. The van der Waals surface area contributed by atoms with Gasteiger partial charge in [-0.1, -0.05) is 85.1 Å². The summed E-state index contributed by atoms with van der Waals surface area (Å²) in [5.41, 5.74) is 4.16. The maximum atomic E-state index is 13.7. The van der Waals surface area contributed by atoms with Crippen LogP contribution in [0.1, 0.15) is 47.9 Å². The molecule has 194 valence electrons. The van der Waals surface area contributed by atoms with E-state index in [1.54, 1.807) is 28.8 Å². The highest BCUT2D eigenvalue weighted by Crippen LogP contribution is 2.21. The van der Waals surface area contributed by atoms with Crippen LogP contribution in [0, 0.1) is 12.7 Å². The van der Waals surface area contributed by atoms with Crippen molar-refractivity contribution in [1.29, 1.82) is 0 Å². The first-order chi connectivity index (χ1) is 18.0. The summed E-state index contributed by atoms with van der Waals surface area (Å²) in [5, 5.41) is 3.22. The van der Waals surface area contributed by atoms with Gasteiger partial charge in [-0.2, -0.15) is 0 Å². The Bertz CT molecular complexity index is 1150. The Morgan fingerprint density at radius 3 is 2.24 bits per heavy atom. The molecule has 0 aromatic heterocycles. The van der Waals surface area contributed by atoms with Gasteiger partial charge in [-0.15, -0.1) is 11.8 Å². The van der Waals surface area contributed by atoms with E-state index in [1.807, 2.05) is 30.3 Å². The Hall–Kier alpha value is -3.12. The van der Waals surface area contributed by atoms with Crippen molar-refractivity contribution in [3.63, 3.8) is 0 Å². The van der Waals surface area contributed by atoms with Crippen molar-refractivity contribution >= 4 is 23.6 Å². The second kappa shape index (κ2) is 13.4. The minimum absolute atomic E-state index is 0.0936. The molecule has 0 spiro atoms. The second-order valence-electron chi connectivity index (χ2n) is 9.82. The molecule has 2 amide bonds. The topological polar surface area (TPSA) is 49.4 Å². The van der Waals surface area contributed by atoms with E-state index in [9.17, 15) is 14.0 Å². The lowest BCUT2D eigenvalue weighted by Crippen LogP contribution is -2.52. The van der Waals surface area contributed by atoms with Crippen LogP contribution < -0.4 is 5.32 Å². The van der Waals surface area contributed by atoms with Gasteiger partial charge >= 0.3 is 0 Å². The summed E-state index contributed by atoms with van der Waals surface area (Å²) in [5.74, 6) is 0.444. The summed E-state index contributed by atoms with van der Waals surface area (Å²) in [6.07, 6.45) is 4.60. The highest BCUT2D eigenvalue weighted by atomic mass is 32.2. The number of benzene rings is 3. The third-order valence-electron chi connectivity index (χ3n) is 6.85. The molecule has 0 saturated heterocycles. The van der Waals surface area contributed by atoms with Gasteiger partial charge < -0.3 is 10.2 Å². The molecule has 0 radical (unpaired) electrons. The first-order valence-corrected chi connectivity index (χ1v) is 14.1. The van der Waals surface area contributed by atoms with E-state index in [4.69, 9.17) is 0 Å². The molecule has 0 unspecified atom stereocenters. The Morgan fingerprint density at radius 2 is 1.57 bits per heavy atom. The smallest absolute Gasteiger partial charge is 0.243 e. The van der Waals surface area contributed by atoms with Crippen LogP contribution >= 0.6 is 11.8 Å². The maximum Gasteiger partial charge on any atom is 0.243 e. The molecule has 3 aromatic carbocycles. The number of nitrogens with one attached hydrogen (secondary N) is 1. The number of carbonyl (C=O) groups is 2. The lowest BCUT2D eigenvalue weighted by atomic mass is 10.0. The van der Waals surface area contributed by atoms with Crippen LogP contribution in [0.3, 0.4) is 0 Å². The lowest BCUT2D eigenvalue weighted by Gasteiger charge is -2.32. The van der Waals surface area contributed by atoms with Crippen LogP contribution in [0.5, 0.6) is 0 Å². The molecule has 0 aliphatic heterocycles. The molecule has 0 bridgehead atoms. The van der Waals surface area contributed by atoms with Gasteiger partial charge in [-0.25, -0.2) is 4.39 Å². The van der Waals surface area contributed by atoms with Crippen molar-refractivity contribution in [2.24, 2.45) is 0 Å². The van der Waals surface area contributed by atoms with Crippen LogP contribution in [-0.4, -0.2) is 34.6 Å². The Kier molecular flexibility index (Phi) is 9.78. The fourth-order valence-electron chi connectivity index (χ4n) is 4.73. The molecule has 1 aliphatic rings. The zero-order chi connectivity index (χ0) is 26.0. The summed E-state index contributed by atoms with van der Waals surface area (Å²) < 4.78 is 13.6. The summed E-state index contributed by atoms with van der Waals surface area (Å²) in [6.45, 7) is 2.30. The van der Waals surface area contributed by atoms with Gasteiger partial charge in [-0.05, 0) is 48.6 Å². The van der Waals surface area contributed by atoms with Gasteiger partial charge in [0.1, 0.15) is 11.9 Å². The fourth-order valence-corrected chi connectivity index (χ4v) is 5.60. The van der Waals surface area contributed by atoms with Gasteiger partial charge in [-0.3, -0.25) is 9.59 Å². The standard InChI is InChI=1S/C31H35FN2O2S/c1-23-11-13-26(14-12-23)21-37-22-30(35)34(20-25-15-17-27(32)18-16-25)29(19-24-7-3-2-4-8-24)31(36)33-28-9-5-6-10-28/h2-4,7-8,11-18,28-29H,5-6,9-10,19-22H2,1H3,(H,33,36)/t29-/m1/s1. The second-order valence-corrected chi connectivity index (χ2v) is 10.8. The summed E-state index contributed by atoms with van der Waals surface area (Å²) in [4.78, 5) is 29.0. The molecule has 1 fully saturated rings. The van der Waals surface area contributed by atoms with Crippen LogP contribution in [0.4, 0.5) is 4.39 Å². The number of nitrogens with zero attached hydrogens (tertiary/aromatic N) is 1. The van der Waals surface area contributed by atoms with E-state index >= 15 is 0 Å². The molecule has 1 N–H and O–H groups in total. The largest absolute Gasteiger partial charge is 0.352 e. The van der Waals surface area contributed by atoms with Crippen LogP contribution in [0.2, 0.25) is 0 Å². The number of halogens is 1. The van der Waals surface area contributed by atoms with Crippen molar-refractivity contribution in [3.05, 3.63) is 107 Å². The van der Waals surface area contributed by atoms with Gasteiger partial charge in [0.05, 0.1) is 5.75 Å². The molecular weight excluding hydrogens is 483 g/mol. The van der Waals surface area contributed by atoms with Crippen molar-refractivity contribution in [1.82, 2.24) is 10.2 Å². The lowest BCUT2D eigenvalue weighted by molar-refractivity contribution is -0.139. The molecule has 37 heavy (non-hydrogen) atoms. The number of carbonyl (C=O) groups excluding carboxylic acids is 2. The van der Waals surface area contributed by atoms with E-state index in [-0.39, 0.29) is 36.0 Å². The van der Waals surface area contributed by atoms with E-state index < -0.39 is 6.04 Å². The summed E-state index contributed by atoms with van der Waals surface area (Å²) in [7, 11) is 0. The van der Waals surface area contributed by atoms with Crippen molar-refractivity contribution in [2.75, 3.05) is 5.75 Å². The minimum Gasteiger partial charge on any atom is -0.352 e. The first kappa shape index (κ1) is 26.9. The molecule has 1 saturated carbocycles. The third-order valence-corrected chi connectivity index (χ3v) is 7.84. The Balaban J connectivity index is 1.55. The van der Waals surface area contributed by atoms with Crippen LogP contribution in [0.25, 0.3) is 0 Å². The normalized spacial score (nSPS) is 14.3. The molecule has 6 heteroatoms. The van der Waals surface area contributed by atoms with Crippen LogP contribution in [0.15, 0.2) is 78.9 Å². The quantitative estimate of drug-likeness (QED) is 0.335. The van der Waals surface area contributed by atoms with E-state index in [2.05, 4.69) is 36.5 Å². The van der Waals surface area contributed by atoms with E-state index in [1.165, 1.54) is 17.7 Å². The summed E-state index contributed by atoms with van der Waals surface area (Å²) >= 11 is 1.55. The molecule has 4 nitrogen and oxygen atoms in total. The average molecular weight is 519 g/mol. The van der Waals surface area contributed by atoms with Crippen molar-refractivity contribution < 1.29 is 14.0 Å². The van der Waals surface area contributed by atoms with Crippen molar-refractivity contribution in [3.8, 4) is 0 Å². The molecule has 3 aromatic rings. The number of hydrogen-bond acceptors (Lipinski definition) is 3. The predicted molar refractivity (Wildman–Crippen MR) is 149 cm³/mol. The van der Waals surface area contributed by atoms with Crippen LogP contribution in [-0.2, 0) is 28.3 Å². The minimum atomic E-state index is -0.652. The Morgan fingerprint density at radius 1 is 0.919 bits per heavy atom. The van der Waals surface area contributed by atoms with E-state index in [0.717, 1.165) is 42.4 Å². The van der Waals surface area contributed by atoms with Gasteiger partial charge in [0, 0.05) is 24.8 Å². The zero-order valence-electron chi connectivity index (χ0n) is 21.4. The highest BCUT2D eigenvalue weighted by molar-refractivity contribution is 7.99. The number of aryl methyl sites for hydroxylation is 1. The average Bonchev–Trinajstić information content (AvgIpc) is 3.42. The monoisotopic (exact) mass is 518 g/mol. The molecule has 0 heterocycles. The van der Waals surface area contributed by atoms with E-state index in [0.29, 0.717) is 12.2 Å².